The number of rotatable bonds is 4. The third-order valence-electron chi connectivity index (χ3n) is 3.18. The molecule has 0 aromatic heterocycles. The topological polar surface area (TPSA) is 46.5 Å². The maximum atomic E-state index is 11.9. The molecular weight excluding hydrogens is 192 g/mol. The Hall–Kier alpha value is -0.830. The number of ether oxygens (including phenoxy) is 1. The number of hydrogen-bond acceptors (Lipinski definition) is 3. The fourth-order valence-corrected chi connectivity index (χ4v) is 2.31. The molecule has 0 heterocycles. The van der Waals surface area contributed by atoms with Gasteiger partial charge >= 0.3 is 5.97 Å². The molecule has 1 N–H and O–H groups in total. The van der Waals surface area contributed by atoms with E-state index >= 15 is 0 Å². The molecule has 0 amide bonds. The first-order valence-corrected chi connectivity index (χ1v) is 5.63. The number of esters is 1. The van der Waals surface area contributed by atoms with Crippen LogP contribution in [0.4, 0.5) is 0 Å². The van der Waals surface area contributed by atoms with Gasteiger partial charge in [0.15, 0.2) is 0 Å². The van der Waals surface area contributed by atoms with Gasteiger partial charge in [0.1, 0.15) is 0 Å². The highest BCUT2D eigenvalue weighted by Crippen LogP contribution is 2.41. The first-order chi connectivity index (χ1) is 7.17. The maximum absolute atomic E-state index is 11.9. The Bertz CT molecular complexity index is 237. The second-order valence-electron chi connectivity index (χ2n) is 4.13. The van der Waals surface area contributed by atoms with Crippen LogP contribution in [-0.2, 0) is 9.53 Å². The van der Waals surface area contributed by atoms with Crippen LogP contribution in [0.3, 0.4) is 0 Å². The molecule has 0 radical (unpaired) electrons. The van der Waals surface area contributed by atoms with E-state index in [1.165, 1.54) is 0 Å². The predicted molar refractivity (Wildman–Crippen MR) is 58.4 cm³/mol. The Labute approximate surface area is 91.1 Å². The molecule has 1 rings (SSSR count). The summed E-state index contributed by atoms with van der Waals surface area (Å²) < 4.78 is 5.06. The lowest BCUT2D eigenvalue weighted by Crippen LogP contribution is -2.45. The van der Waals surface area contributed by atoms with Crippen molar-refractivity contribution in [1.29, 1.82) is 0 Å². The molecule has 1 saturated carbocycles. The molecule has 0 aromatic rings. The van der Waals surface area contributed by atoms with Gasteiger partial charge in [-0.05, 0) is 26.2 Å². The van der Waals surface area contributed by atoms with E-state index < -0.39 is 11.5 Å². The van der Waals surface area contributed by atoms with E-state index in [9.17, 15) is 9.90 Å². The van der Waals surface area contributed by atoms with Crippen LogP contribution in [0.15, 0.2) is 12.7 Å². The minimum atomic E-state index is -0.726. The summed E-state index contributed by atoms with van der Waals surface area (Å²) in [5.74, 6) is -0.267. The van der Waals surface area contributed by atoms with Gasteiger partial charge in [0.05, 0.1) is 18.1 Å². The quantitative estimate of drug-likeness (QED) is 0.573. The molecule has 3 heteroatoms. The molecular formula is C12H20O3. The summed E-state index contributed by atoms with van der Waals surface area (Å²) in [6.45, 7) is 5.81. The van der Waals surface area contributed by atoms with E-state index in [-0.39, 0.29) is 5.97 Å². The second-order valence-corrected chi connectivity index (χ2v) is 4.13. The summed E-state index contributed by atoms with van der Waals surface area (Å²) in [7, 11) is 0. The number of hydrogen-bond donors (Lipinski definition) is 1. The zero-order valence-electron chi connectivity index (χ0n) is 9.37. The van der Waals surface area contributed by atoms with E-state index in [0.29, 0.717) is 25.9 Å². The molecule has 2 atom stereocenters. The molecule has 0 spiro atoms. The van der Waals surface area contributed by atoms with Crippen LogP contribution in [0.1, 0.15) is 39.0 Å². The van der Waals surface area contributed by atoms with Crippen molar-refractivity contribution in [2.75, 3.05) is 6.61 Å². The van der Waals surface area contributed by atoms with Gasteiger partial charge in [0.2, 0.25) is 0 Å². The number of carbonyl (C=O) groups excluding carboxylic acids is 1. The zero-order chi connectivity index (χ0) is 11.3. The van der Waals surface area contributed by atoms with Crippen molar-refractivity contribution >= 4 is 5.97 Å². The molecule has 1 aliphatic rings. The summed E-state index contributed by atoms with van der Waals surface area (Å²) in [5, 5.41) is 10.00. The van der Waals surface area contributed by atoms with E-state index in [1.807, 2.05) is 0 Å². The minimum Gasteiger partial charge on any atom is -0.465 e. The van der Waals surface area contributed by atoms with Crippen LogP contribution in [0.2, 0.25) is 0 Å². The van der Waals surface area contributed by atoms with Crippen LogP contribution in [-0.4, -0.2) is 23.8 Å². The normalized spacial score (nSPS) is 30.9. The van der Waals surface area contributed by atoms with E-state index in [1.54, 1.807) is 13.0 Å². The minimum absolute atomic E-state index is 0.267. The number of aliphatic hydroxyl groups is 1. The number of aliphatic hydroxyl groups excluding tert-OH is 1. The highest BCUT2D eigenvalue weighted by molar-refractivity contribution is 5.78. The Morgan fingerprint density at radius 1 is 1.67 bits per heavy atom. The average Bonchev–Trinajstić information content (AvgIpc) is 2.22. The molecule has 0 bridgehead atoms. The van der Waals surface area contributed by atoms with Crippen LogP contribution in [0.25, 0.3) is 0 Å². The van der Waals surface area contributed by atoms with E-state index in [0.717, 1.165) is 12.8 Å². The smallest absolute Gasteiger partial charge is 0.315 e. The SMILES string of the molecule is C=CC[C@@]1(C(=O)OCC)CCCC[C@@H]1O. The van der Waals surface area contributed by atoms with Gasteiger partial charge in [-0.3, -0.25) is 4.79 Å². The molecule has 0 unspecified atom stereocenters. The van der Waals surface area contributed by atoms with Crippen LogP contribution in [0.5, 0.6) is 0 Å². The van der Waals surface area contributed by atoms with Gasteiger partial charge in [0, 0.05) is 0 Å². The van der Waals surface area contributed by atoms with Crippen molar-refractivity contribution in [3.8, 4) is 0 Å². The van der Waals surface area contributed by atoms with E-state index in [2.05, 4.69) is 6.58 Å². The van der Waals surface area contributed by atoms with Gasteiger partial charge in [-0.25, -0.2) is 0 Å². The number of carbonyl (C=O) groups is 1. The molecule has 3 nitrogen and oxygen atoms in total. The van der Waals surface area contributed by atoms with Crippen LogP contribution < -0.4 is 0 Å². The summed E-state index contributed by atoms with van der Waals surface area (Å²) in [5.41, 5.74) is -0.726. The van der Waals surface area contributed by atoms with Gasteiger partial charge in [-0.1, -0.05) is 18.9 Å². The predicted octanol–water partition coefficient (Wildman–Crippen LogP) is 2.05. The maximum Gasteiger partial charge on any atom is 0.315 e. The molecule has 15 heavy (non-hydrogen) atoms. The summed E-state index contributed by atoms with van der Waals surface area (Å²) in [4.78, 5) is 11.9. The Morgan fingerprint density at radius 3 is 2.93 bits per heavy atom. The van der Waals surface area contributed by atoms with Gasteiger partial charge < -0.3 is 9.84 Å². The fraction of sp³-hybridized carbons (Fsp3) is 0.750. The molecule has 0 aliphatic heterocycles. The summed E-state index contributed by atoms with van der Waals surface area (Å²) in [6, 6.07) is 0. The monoisotopic (exact) mass is 212 g/mol. The first kappa shape index (κ1) is 12.2. The van der Waals surface area contributed by atoms with Crippen LogP contribution in [0, 0.1) is 5.41 Å². The third kappa shape index (κ3) is 2.40. The lowest BCUT2D eigenvalue weighted by Gasteiger charge is -2.38. The fourth-order valence-electron chi connectivity index (χ4n) is 2.31. The third-order valence-corrected chi connectivity index (χ3v) is 3.18. The standard InChI is InChI=1S/C12H20O3/c1-3-8-12(11(14)15-4-2)9-6-5-7-10(12)13/h3,10,13H,1,4-9H2,2H3/t10-,12+/m0/s1. The largest absolute Gasteiger partial charge is 0.465 e. The molecule has 1 fully saturated rings. The van der Waals surface area contributed by atoms with Crippen molar-refractivity contribution in [3.05, 3.63) is 12.7 Å². The second kappa shape index (κ2) is 5.31. The Morgan fingerprint density at radius 2 is 2.40 bits per heavy atom. The lowest BCUT2D eigenvalue weighted by molar-refractivity contribution is -0.166. The average molecular weight is 212 g/mol. The van der Waals surface area contributed by atoms with Crippen LogP contribution >= 0.6 is 0 Å². The molecule has 1 aliphatic carbocycles. The summed E-state index contributed by atoms with van der Waals surface area (Å²) in [6.07, 6.45) is 4.98. The van der Waals surface area contributed by atoms with Crippen molar-refractivity contribution in [2.45, 2.75) is 45.1 Å². The molecule has 0 aromatic carbocycles. The molecule has 0 saturated heterocycles. The van der Waals surface area contributed by atoms with Gasteiger partial charge in [-0.15, -0.1) is 6.58 Å². The highest BCUT2D eigenvalue weighted by atomic mass is 16.5. The molecule has 86 valence electrons. The Kier molecular flexibility index (Phi) is 4.33. The Balaban J connectivity index is 2.84. The first-order valence-electron chi connectivity index (χ1n) is 5.63. The lowest BCUT2D eigenvalue weighted by atomic mass is 9.69. The van der Waals surface area contributed by atoms with E-state index in [4.69, 9.17) is 4.74 Å². The van der Waals surface area contributed by atoms with Crippen molar-refractivity contribution in [3.63, 3.8) is 0 Å². The van der Waals surface area contributed by atoms with Gasteiger partial charge in [-0.2, -0.15) is 0 Å². The summed E-state index contributed by atoms with van der Waals surface area (Å²) >= 11 is 0. The van der Waals surface area contributed by atoms with Gasteiger partial charge in [0.25, 0.3) is 0 Å². The zero-order valence-corrected chi connectivity index (χ0v) is 9.37. The van der Waals surface area contributed by atoms with Crippen molar-refractivity contribution in [1.82, 2.24) is 0 Å². The highest BCUT2D eigenvalue weighted by Gasteiger charge is 2.46. The van der Waals surface area contributed by atoms with Crippen molar-refractivity contribution in [2.24, 2.45) is 5.41 Å². The van der Waals surface area contributed by atoms with Crippen molar-refractivity contribution < 1.29 is 14.6 Å². The number of allylic oxidation sites excluding steroid dienone is 1.